The van der Waals surface area contributed by atoms with Gasteiger partial charge >= 0.3 is 6.03 Å². The van der Waals surface area contributed by atoms with Crippen molar-refractivity contribution in [1.29, 1.82) is 0 Å². The second-order valence-corrected chi connectivity index (χ2v) is 5.16. The Hall–Kier alpha value is -2.74. The van der Waals surface area contributed by atoms with Gasteiger partial charge in [0.05, 0.1) is 12.3 Å². The highest BCUT2D eigenvalue weighted by Crippen LogP contribution is 2.32. The first kappa shape index (κ1) is 15.2. The molecule has 2 heterocycles. The van der Waals surface area contributed by atoms with Gasteiger partial charge in [-0.25, -0.2) is 4.79 Å². The molecule has 0 saturated carbocycles. The van der Waals surface area contributed by atoms with Crippen LogP contribution in [0, 0.1) is 0 Å². The molecule has 0 radical (unpaired) electrons. The summed E-state index contributed by atoms with van der Waals surface area (Å²) in [5.41, 5.74) is 1.23. The maximum absolute atomic E-state index is 11.9. The highest BCUT2D eigenvalue weighted by Gasteiger charge is 2.14. The van der Waals surface area contributed by atoms with Gasteiger partial charge in [-0.3, -0.25) is 4.68 Å². The fourth-order valence-electron chi connectivity index (χ4n) is 2.22. The minimum Gasteiger partial charge on any atom is -0.486 e. The molecule has 0 aliphatic carbocycles. The molecule has 1 unspecified atom stereocenters. The van der Waals surface area contributed by atoms with E-state index in [9.17, 15) is 9.90 Å². The zero-order valence-electron chi connectivity index (χ0n) is 12.7. The van der Waals surface area contributed by atoms with Crippen LogP contribution in [0.5, 0.6) is 11.5 Å². The third-order valence-electron chi connectivity index (χ3n) is 3.37. The predicted molar refractivity (Wildman–Crippen MR) is 82.6 cm³/mol. The molecule has 0 saturated heterocycles. The van der Waals surface area contributed by atoms with Crippen LogP contribution in [0.25, 0.3) is 0 Å². The number of aryl methyl sites for hydroxylation is 1. The quantitative estimate of drug-likeness (QED) is 0.783. The second-order valence-electron chi connectivity index (χ2n) is 5.16. The second kappa shape index (κ2) is 6.57. The maximum Gasteiger partial charge on any atom is 0.319 e. The van der Waals surface area contributed by atoms with Crippen LogP contribution in [-0.4, -0.2) is 40.7 Å². The molecule has 0 fully saturated rings. The minimum absolute atomic E-state index is 0.0854. The van der Waals surface area contributed by atoms with E-state index in [1.54, 1.807) is 42.3 Å². The third-order valence-corrected chi connectivity index (χ3v) is 3.37. The van der Waals surface area contributed by atoms with E-state index >= 15 is 0 Å². The summed E-state index contributed by atoms with van der Waals surface area (Å²) in [5, 5.41) is 19.2. The summed E-state index contributed by atoms with van der Waals surface area (Å²) in [6.45, 7) is 1.09. The van der Waals surface area contributed by atoms with Crippen LogP contribution in [0.3, 0.4) is 0 Å². The summed E-state index contributed by atoms with van der Waals surface area (Å²) in [5.74, 6) is 1.26. The number of rotatable bonds is 4. The van der Waals surface area contributed by atoms with E-state index in [1.165, 1.54) is 0 Å². The highest BCUT2D eigenvalue weighted by molar-refractivity contribution is 5.89. The van der Waals surface area contributed by atoms with Crippen molar-refractivity contribution in [3.8, 4) is 11.5 Å². The summed E-state index contributed by atoms with van der Waals surface area (Å²) in [6.07, 6.45) is 2.45. The van der Waals surface area contributed by atoms with E-state index in [0.29, 0.717) is 36.0 Å². The van der Waals surface area contributed by atoms with Crippen molar-refractivity contribution in [3.63, 3.8) is 0 Å². The first-order chi connectivity index (χ1) is 11.1. The number of carbonyl (C=O) groups is 1. The smallest absolute Gasteiger partial charge is 0.319 e. The van der Waals surface area contributed by atoms with E-state index < -0.39 is 12.1 Å². The predicted octanol–water partition coefficient (Wildman–Crippen LogP) is 1.05. The van der Waals surface area contributed by atoms with Crippen LogP contribution < -0.4 is 20.1 Å². The van der Waals surface area contributed by atoms with Gasteiger partial charge in [-0.15, -0.1) is 0 Å². The monoisotopic (exact) mass is 318 g/mol. The van der Waals surface area contributed by atoms with Crippen LogP contribution >= 0.6 is 0 Å². The normalized spacial score (nSPS) is 14.2. The van der Waals surface area contributed by atoms with E-state index in [4.69, 9.17) is 9.47 Å². The van der Waals surface area contributed by atoms with Crippen molar-refractivity contribution in [1.82, 2.24) is 15.1 Å². The summed E-state index contributed by atoms with van der Waals surface area (Å²) in [6, 6.07) is 4.76. The fourth-order valence-corrected chi connectivity index (χ4v) is 2.22. The van der Waals surface area contributed by atoms with E-state index in [2.05, 4.69) is 15.7 Å². The summed E-state index contributed by atoms with van der Waals surface area (Å²) in [7, 11) is 1.76. The van der Waals surface area contributed by atoms with Gasteiger partial charge in [0, 0.05) is 37.1 Å². The number of aromatic nitrogens is 2. The number of aliphatic hydroxyl groups is 1. The molecule has 122 valence electrons. The molecule has 1 aromatic carbocycles. The largest absolute Gasteiger partial charge is 0.486 e. The molecular formula is C15H18N4O4. The maximum atomic E-state index is 11.9. The number of carbonyl (C=O) groups excluding carboxylic acids is 1. The van der Waals surface area contributed by atoms with Gasteiger partial charge in [-0.2, -0.15) is 5.10 Å². The van der Waals surface area contributed by atoms with Crippen molar-refractivity contribution in [2.24, 2.45) is 7.05 Å². The molecule has 2 aromatic rings. The number of hydrogen-bond acceptors (Lipinski definition) is 5. The average molecular weight is 318 g/mol. The van der Waals surface area contributed by atoms with Crippen molar-refractivity contribution in [2.45, 2.75) is 6.10 Å². The Morgan fingerprint density at radius 1 is 1.39 bits per heavy atom. The number of ether oxygens (including phenoxy) is 2. The van der Waals surface area contributed by atoms with Crippen molar-refractivity contribution in [3.05, 3.63) is 36.2 Å². The Kier molecular flexibility index (Phi) is 4.33. The molecular weight excluding hydrogens is 300 g/mol. The van der Waals surface area contributed by atoms with Gasteiger partial charge in [0.15, 0.2) is 11.5 Å². The summed E-state index contributed by atoms with van der Waals surface area (Å²) in [4.78, 5) is 11.9. The lowest BCUT2D eigenvalue weighted by Crippen LogP contribution is -2.32. The first-order valence-electron chi connectivity index (χ1n) is 7.23. The molecule has 8 heteroatoms. The first-order valence-corrected chi connectivity index (χ1v) is 7.23. The van der Waals surface area contributed by atoms with Crippen LogP contribution in [0.1, 0.15) is 11.7 Å². The third kappa shape index (κ3) is 3.72. The van der Waals surface area contributed by atoms with Crippen LogP contribution in [0.15, 0.2) is 30.6 Å². The Morgan fingerprint density at radius 3 is 2.91 bits per heavy atom. The molecule has 1 aliphatic heterocycles. The van der Waals surface area contributed by atoms with Gasteiger partial charge in [-0.05, 0) is 12.1 Å². The highest BCUT2D eigenvalue weighted by atomic mass is 16.6. The standard InChI is InChI=1S/C15H18N4O4/c1-19-9-10(7-17-19)12(20)8-16-15(21)18-11-2-3-13-14(6-11)23-5-4-22-13/h2-3,6-7,9,12,20H,4-5,8H2,1H3,(H2,16,18,21). The SMILES string of the molecule is Cn1cc(C(O)CNC(=O)Nc2ccc3c(c2)OCCO3)cn1. The van der Waals surface area contributed by atoms with E-state index in [1.807, 2.05) is 0 Å². The number of nitrogens with one attached hydrogen (secondary N) is 2. The van der Waals surface area contributed by atoms with E-state index in [-0.39, 0.29) is 6.54 Å². The van der Waals surface area contributed by atoms with Crippen molar-refractivity contribution in [2.75, 3.05) is 25.1 Å². The molecule has 1 aliphatic rings. The van der Waals surface area contributed by atoms with Crippen molar-refractivity contribution >= 4 is 11.7 Å². The Bertz CT molecular complexity index is 701. The van der Waals surface area contributed by atoms with Gasteiger partial charge in [0.1, 0.15) is 13.2 Å². The topological polar surface area (TPSA) is 97.6 Å². The number of hydrogen-bond donors (Lipinski definition) is 3. The summed E-state index contributed by atoms with van der Waals surface area (Å²) < 4.78 is 12.5. The lowest BCUT2D eigenvalue weighted by molar-refractivity contribution is 0.171. The number of urea groups is 1. The van der Waals surface area contributed by atoms with E-state index in [0.717, 1.165) is 0 Å². The number of fused-ring (bicyclic) bond motifs is 1. The molecule has 0 bridgehead atoms. The number of benzene rings is 1. The molecule has 1 aromatic heterocycles. The number of nitrogens with zero attached hydrogens (tertiary/aromatic N) is 2. The molecule has 3 N–H and O–H groups in total. The van der Waals surface area contributed by atoms with Gasteiger partial charge in [-0.1, -0.05) is 0 Å². The fraction of sp³-hybridized carbons (Fsp3) is 0.333. The molecule has 3 rings (SSSR count). The number of aliphatic hydroxyl groups excluding tert-OH is 1. The molecule has 2 amide bonds. The lowest BCUT2D eigenvalue weighted by atomic mass is 10.2. The Balaban J connectivity index is 1.53. The number of amides is 2. The number of anilines is 1. The summed E-state index contributed by atoms with van der Waals surface area (Å²) >= 11 is 0. The molecule has 23 heavy (non-hydrogen) atoms. The van der Waals surface area contributed by atoms with Gasteiger partial charge < -0.3 is 25.2 Å². The molecule has 1 atom stereocenters. The molecule has 8 nitrogen and oxygen atoms in total. The Morgan fingerprint density at radius 2 is 2.17 bits per heavy atom. The minimum atomic E-state index is -0.810. The molecule has 0 spiro atoms. The van der Waals surface area contributed by atoms with Crippen LogP contribution in [0.4, 0.5) is 10.5 Å². The average Bonchev–Trinajstić information content (AvgIpc) is 2.99. The lowest BCUT2D eigenvalue weighted by Gasteiger charge is -2.19. The van der Waals surface area contributed by atoms with Crippen LogP contribution in [0.2, 0.25) is 0 Å². The van der Waals surface area contributed by atoms with Crippen molar-refractivity contribution < 1.29 is 19.4 Å². The zero-order valence-corrected chi connectivity index (χ0v) is 12.7. The van der Waals surface area contributed by atoms with Gasteiger partial charge in [0.25, 0.3) is 0 Å². The van der Waals surface area contributed by atoms with Crippen LogP contribution in [-0.2, 0) is 7.05 Å². The Labute approximate surface area is 133 Å². The van der Waals surface area contributed by atoms with Gasteiger partial charge in [0.2, 0.25) is 0 Å². The zero-order chi connectivity index (χ0) is 16.2.